The van der Waals surface area contributed by atoms with Gasteiger partial charge in [-0.05, 0) is 38.0 Å². The second-order valence-electron chi connectivity index (χ2n) is 5.71. The van der Waals surface area contributed by atoms with Crippen molar-refractivity contribution in [2.45, 2.75) is 25.9 Å². The maximum absolute atomic E-state index is 12.7. The van der Waals surface area contributed by atoms with E-state index >= 15 is 0 Å². The molecular weight excluding hydrogens is 308 g/mol. The number of piperidine rings is 1. The first kappa shape index (κ1) is 16.2. The second-order valence-corrected chi connectivity index (χ2v) is 5.71. The number of hydrogen-bond acceptors (Lipinski definition) is 6. The molecule has 0 radical (unpaired) electrons. The lowest BCUT2D eigenvalue weighted by Gasteiger charge is -2.32. The van der Waals surface area contributed by atoms with Crippen LogP contribution >= 0.6 is 0 Å². The zero-order valence-electron chi connectivity index (χ0n) is 13.8. The zero-order chi connectivity index (χ0) is 16.9. The number of rotatable bonds is 4. The van der Waals surface area contributed by atoms with E-state index in [9.17, 15) is 4.79 Å². The Labute approximate surface area is 140 Å². The molecule has 1 saturated heterocycles. The quantitative estimate of drug-likeness (QED) is 0.853. The van der Waals surface area contributed by atoms with Gasteiger partial charge in [0, 0.05) is 18.8 Å². The second kappa shape index (κ2) is 7.25. The van der Waals surface area contributed by atoms with Gasteiger partial charge in [-0.2, -0.15) is 5.10 Å². The van der Waals surface area contributed by atoms with Crippen LogP contribution in [0.15, 0.2) is 30.5 Å². The van der Waals surface area contributed by atoms with E-state index in [0.717, 1.165) is 18.5 Å². The van der Waals surface area contributed by atoms with Crippen molar-refractivity contribution in [1.82, 2.24) is 20.1 Å². The number of hydrogen-bond donors (Lipinski definition) is 0. The number of nitrogens with zero attached hydrogens (tertiary/aromatic N) is 4. The Morgan fingerprint density at radius 1 is 1.29 bits per heavy atom. The first-order valence-corrected chi connectivity index (χ1v) is 7.92. The number of aromatic nitrogens is 3. The van der Waals surface area contributed by atoms with Crippen molar-refractivity contribution in [2.24, 2.45) is 0 Å². The lowest BCUT2D eigenvalue weighted by atomic mass is 10.1. The highest BCUT2D eigenvalue weighted by Gasteiger charge is 2.27. The van der Waals surface area contributed by atoms with E-state index in [2.05, 4.69) is 15.2 Å². The van der Waals surface area contributed by atoms with Gasteiger partial charge < -0.3 is 14.4 Å². The largest absolute Gasteiger partial charge is 0.480 e. The summed E-state index contributed by atoms with van der Waals surface area (Å²) in [5.74, 6) is 0.733. The average Bonchev–Trinajstić information content (AvgIpc) is 2.63. The number of ether oxygens (including phenoxy) is 2. The number of amides is 1. The van der Waals surface area contributed by atoms with Gasteiger partial charge in [0.1, 0.15) is 11.7 Å². The summed E-state index contributed by atoms with van der Waals surface area (Å²) in [7, 11) is 1.51. The van der Waals surface area contributed by atoms with Gasteiger partial charge >= 0.3 is 0 Å². The first-order valence-electron chi connectivity index (χ1n) is 7.92. The van der Waals surface area contributed by atoms with Gasteiger partial charge in [-0.1, -0.05) is 0 Å². The van der Waals surface area contributed by atoms with Crippen molar-refractivity contribution in [3.63, 3.8) is 0 Å². The predicted molar refractivity (Wildman–Crippen MR) is 87.1 cm³/mol. The molecule has 7 heteroatoms. The summed E-state index contributed by atoms with van der Waals surface area (Å²) in [5.41, 5.74) is 1.31. The van der Waals surface area contributed by atoms with Crippen molar-refractivity contribution < 1.29 is 14.3 Å². The molecule has 1 aliphatic rings. The van der Waals surface area contributed by atoms with Gasteiger partial charge in [0.15, 0.2) is 0 Å². The third-order valence-corrected chi connectivity index (χ3v) is 3.92. The third kappa shape index (κ3) is 3.61. The molecule has 1 aliphatic heterocycles. The molecule has 0 aliphatic carbocycles. The van der Waals surface area contributed by atoms with Crippen LogP contribution in [0.5, 0.6) is 11.8 Å². The van der Waals surface area contributed by atoms with Gasteiger partial charge in [0.2, 0.25) is 11.8 Å². The fourth-order valence-electron chi connectivity index (χ4n) is 2.73. The van der Waals surface area contributed by atoms with Crippen LogP contribution < -0.4 is 9.47 Å². The summed E-state index contributed by atoms with van der Waals surface area (Å²) in [6, 6.07) is 7.11. The van der Waals surface area contributed by atoms with Gasteiger partial charge in [-0.25, -0.2) is 4.98 Å². The van der Waals surface area contributed by atoms with E-state index in [1.165, 1.54) is 7.11 Å². The number of carbonyl (C=O) groups excluding carboxylic acids is 1. The first-order chi connectivity index (χ1) is 11.7. The molecule has 0 bridgehead atoms. The lowest BCUT2D eigenvalue weighted by molar-refractivity contribution is 0.0522. The summed E-state index contributed by atoms with van der Waals surface area (Å²) in [6.07, 6.45) is 3.26. The van der Waals surface area contributed by atoms with Crippen molar-refractivity contribution in [3.05, 3.63) is 41.7 Å². The van der Waals surface area contributed by atoms with Crippen molar-refractivity contribution in [2.75, 3.05) is 20.2 Å². The summed E-state index contributed by atoms with van der Waals surface area (Å²) in [5, 5.41) is 8.01. The normalized spacial score (nSPS) is 17.4. The highest BCUT2D eigenvalue weighted by atomic mass is 16.5. The molecule has 0 spiro atoms. The molecule has 3 heterocycles. The SMILES string of the molecule is COc1ncccc1C(=O)N1CCCC(Oc2ccc(C)nn2)C1. The van der Waals surface area contributed by atoms with Gasteiger partial charge in [-0.15, -0.1) is 5.10 Å². The van der Waals surface area contributed by atoms with Crippen LogP contribution in [0, 0.1) is 6.92 Å². The number of pyridine rings is 1. The molecule has 0 aromatic carbocycles. The molecule has 2 aromatic rings. The molecule has 1 amide bonds. The Morgan fingerprint density at radius 2 is 2.17 bits per heavy atom. The van der Waals surface area contributed by atoms with Crippen molar-refractivity contribution >= 4 is 5.91 Å². The smallest absolute Gasteiger partial charge is 0.259 e. The Morgan fingerprint density at radius 3 is 2.92 bits per heavy atom. The Kier molecular flexibility index (Phi) is 4.88. The van der Waals surface area contributed by atoms with Crippen molar-refractivity contribution in [1.29, 1.82) is 0 Å². The summed E-state index contributed by atoms with van der Waals surface area (Å²) in [4.78, 5) is 18.6. The summed E-state index contributed by atoms with van der Waals surface area (Å²) < 4.78 is 11.1. The Balaban J connectivity index is 1.68. The molecule has 24 heavy (non-hydrogen) atoms. The number of aryl methyl sites for hydroxylation is 1. The van der Waals surface area contributed by atoms with Crippen LogP contribution in [0.3, 0.4) is 0 Å². The topological polar surface area (TPSA) is 77.4 Å². The number of carbonyl (C=O) groups is 1. The predicted octanol–water partition coefficient (Wildman–Crippen LogP) is 1.87. The molecule has 2 aromatic heterocycles. The third-order valence-electron chi connectivity index (χ3n) is 3.92. The lowest BCUT2D eigenvalue weighted by Crippen LogP contribution is -2.44. The van der Waals surface area contributed by atoms with Gasteiger partial charge in [0.25, 0.3) is 5.91 Å². The monoisotopic (exact) mass is 328 g/mol. The van der Waals surface area contributed by atoms with Gasteiger partial charge in [0.05, 0.1) is 19.3 Å². The molecule has 0 N–H and O–H groups in total. The highest BCUT2D eigenvalue weighted by Crippen LogP contribution is 2.21. The average molecular weight is 328 g/mol. The standard InChI is InChI=1S/C17H20N4O3/c1-12-7-8-15(20-19-12)24-13-5-4-10-21(11-13)17(22)14-6-3-9-18-16(14)23-2/h3,6-9,13H,4-5,10-11H2,1-2H3. The van der Waals surface area contributed by atoms with E-state index in [1.807, 2.05) is 13.0 Å². The number of likely N-dealkylation sites (tertiary alicyclic amines) is 1. The minimum Gasteiger partial charge on any atom is -0.480 e. The summed E-state index contributed by atoms with van der Waals surface area (Å²) >= 11 is 0. The van der Waals surface area contributed by atoms with E-state index in [1.54, 1.807) is 29.3 Å². The molecule has 0 saturated carbocycles. The minimum absolute atomic E-state index is 0.0942. The highest BCUT2D eigenvalue weighted by molar-refractivity contribution is 5.96. The van der Waals surface area contributed by atoms with Gasteiger partial charge in [-0.3, -0.25) is 4.79 Å². The molecule has 1 fully saturated rings. The molecular formula is C17H20N4O3. The molecule has 7 nitrogen and oxygen atoms in total. The Hall–Kier alpha value is -2.70. The van der Waals surface area contributed by atoms with E-state index in [4.69, 9.17) is 9.47 Å². The van der Waals surface area contributed by atoms with Crippen LogP contribution in [-0.4, -0.2) is 52.3 Å². The maximum atomic E-state index is 12.7. The molecule has 126 valence electrons. The fourth-order valence-corrected chi connectivity index (χ4v) is 2.73. The van der Waals surface area contributed by atoms with Crippen molar-refractivity contribution in [3.8, 4) is 11.8 Å². The minimum atomic E-state index is -0.0950. The van der Waals surface area contributed by atoms with Crippen LogP contribution in [0.2, 0.25) is 0 Å². The molecule has 1 atom stereocenters. The van der Waals surface area contributed by atoms with Crippen LogP contribution in [0.1, 0.15) is 28.9 Å². The zero-order valence-corrected chi connectivity index (χ0v) is 13.8. The Bertz CT molecular complexity index is 705. The van der Waals surface area contributed by atoms with E-state index in [0.29, 0.717) is 30.4 Å². The van der Waals surface area contributed by atoms with Crippen LogP contribution in [0.25, 0.3) is 0 Å². The van der Waals surface area contributed by atoms with Crippen LogP contribution in [0.4, 0.5) is 0 Å². The summed E-state index contributed by atoms with van der Waals surface area (Å²) in [6.45, 7) is 3.07. The fraction of sp³-hybridized carbons (Fsp3) is 0.412. The van der Waals surface area contributed by atoms with E-state index in [-0.39, 0.29) is 12.0 Å². The van der Waals surface area contributed by atoms with E-state index < -0.39 is 0 Å². The maximum Gasteiger partial charge on any atom is 0.259 e. The van der Waals surface area contributed by atoms with Crippen LogP contribution in [-0.2, 0) is 0 Å². The molecule has 3 rings (SSSR count). The molecule has 1 unspecified atom stereocenters. The number of methoxy groups -OCH3 is 1.